The lowest BCUT2D eigenvalue weighted by Gasteiger charge is -2.22. The van der Waals surface area contributed by atoms with Crippen molar-refractivity contribution in [3.8, 4) is 0 Å². The molecule has 0 aromatic heterocycles. The first kappa shape index (κ1) is 20.3. The first-order chi connectivity index (χ1) is 11.7. The Hall–Kier alpha value is -2.71. The summed E-state index contributed by atoms with van der Waals surface area (Å²) in [6.07, 6.45) is -5.46. The van der Waals surface area contributed by atoms with Crippen LogP contribution in [0.3, 0.4) is 0 Å². The smallest absolute Gasteiger partial charge is 0.301 e. The highest BCUT2D eigenvalue weighted by Crippen LogP contribution is 2.28. The summed E-state index contributed by atoms with van der Waals surface area (Å²) in [5.41, 5.74) is 0.185. The zero-order chi connectivity index (χ0) is 19.1. The van der Waals surface area contributed by atoms with Gasteiger partial charge in [-0.1, -0.05) is 0 Å². The second-order valence-corrected chi connectivity index (χ2v) is 4.77. The van der Waals surface area contributed by atoms with Crippen LogP contribution in [-0.2, 0) is 0 Å². The first-order valence-corrected chi connectivity index (χ1v) is 6.74. The quantitative estimate of drug-likeness (QED) is 0.167. The molecule has 13 heteroatoms. The molecule has 0 spiro atoms. The summed E-state index contributed by atoms with van der Waals surface area (Å²) in [7, 11) is 0. The summed E-state index contributed by atoms with van der Waals surface area (Å²) in [5.74, 6) is 0. The van der Waals surface area contributed by atoms with Gasteiger partial charge >= 0.3 is 5.69 Å². The van der Waals surface area contributed by atoms with Crippen LogP contribution in [0.5, 0.6) is 0 Å². The topological polar surface area (TPSA) is 212 Å². The highest BCUT2D eigenvalue weighted by atomic mass is 16.6. The number of anilines is 1. The lowest BCUT2D eigenvalue weighted by molar-refractivity contribution is -0.393. The number of nitro groups is 2. The number of hydrazone groups is 1. The van der Waals surface area contributed by atoms with E-state index in [0.29, 0.717) is 6.07 Å². The molecule has 0 saturated carbocycles. The normalized spacial score (nSPS) is 15.3. The molecule has 0 radical (unpaired) electrons. The summed E-state index contributed by atoms with van der Waals surface area (Å²) in [6.45, 7) is -1.75. The third-order valence-corrected chi connectivity index (χ3v) is 3.12. The maximum Gasteiger partial charge on any atom is 0.301 e. The fourth-order valence-electron chi connectivity index (χ4n) is 1.72. The van der Waals surface area contributed by atoms with E-state index < -0.39 is 58.5 Å². The fourth-order valence-corrected chi connectivity index (χ4v) is 1.72. The zero-order valence-corrected chi connectivity index (χ0v) is 12.6. The largest absolute Gasteiger partial charge is 0.394 e. The molecule has 0 heterocycles. The molecule has 25 heavy (non-hydrogen) atoms. The van der Waals surface area contributed by atoms with Gasteiger partial charge in [-0.3, -0.25) is 25.7 Å². The molecule has 0 aliphatic heterocycles. The van der Waals surface area contributed by atoms with E-state index in [2.05, 4.69) is 10.5 Å². The fraction of sp³-hybridized carbons (Fsp3) is 0.417. The van der Waals surface area contributed by atoms with Gasteiger partial charge in [0.25, 0.3) is 5.69 Å². The van der Waals surface area contributed by atoms with Crippen molar-refractivity contribution in [3.05, 3.63) is 38.4 Å². The summed E-state index contributed by atoms with van der Waals surface area (Å²) < 4.78 is 0. The molecule has 0 saturated heterocycles. The van der Waals surface area contributed by atoms with Crippen molar-refractivity contribution in [2.45, 2.75) is 18.3 Å². The summed E-state index contributed by atoms with van der Waals surface area (Å²) in [5, 5.41) is 71.6. The van der Waals surface area contributed by atoms with E-state index in [0.717, 1.165) is 12.1 Å². The van der Waals surface area contributed by atoms with Crippen LogP contribution in [0.1, 0.15) is 0 Å². The van der Waals surface area contributed by atoms with E-state index in [4.69, 9.17) is 10.2 Å². The van der Waals surface area contributed by atoms with Crippen LogP contribution in [0.25, 0.3) is 0 Å². The first-order valence-electron chi connectivity index (χ1n) is 6.74. The minimum absolute atomic E-state index is 0.272. The third kappa shape index (κ3) is 5.13. The standard InChI is InChI=1S/C12H16N4O9/c17-4-8(11(20)12(21)10(19)5-18)14-13-7-2-1-6(15(22)23)3-9(7)16(24)25/h1-3,10-13,17-21H,4-5H2/b14-8-/t10-,11-,12-/m0/s1. The molecule has 0 unspecified atom stereocenters. The number of hydrogen-bond acceptors (Lipinski definition) is 11. The maximum atomic E-state index is 11.0. The molecule has 0 aliphatic rings. The molecule has 1 aromatic carbocycles. The van der Waals surface area contributed by atoms with Crippen molar-refractivity contribution >= 4 is 22.8 Å². The number of aliphatic hydroxyl groups is 5. The average molecular weight is 360 g/mol. The molecule has 0 aliphatic carbocycles. The van der Waals surface area contributed by atoms with Gasteiger partial charge in [0.15, 0.2) is 0 Å². The zero-order valence-electron chi connectivity index (χ0n) is 12.6. The molecule has 1 rings (SSSR count). The van der Waals surface area contributed by atoms with Crippen molar-refractivity contribution in [2.24, 2.45) is 5.10 Å². The molecular formula is C12H16N4O9. The lowest BCUT2D eigenvalue weighted by atomic mass is 10.0. The SMILES string of the molecule is O=[N+]([O-])c1ccc(N/N=C(/CO)[C@H](O)[C@@H](O)[C@@H](O)CO)c([N+](=O)[O-])c1. The van der Waals surface area contributed by atoms with Crippen molar-refractivity contribution < 1.29 is 35.4 Å². The minimum atomic E-state index is -1.88. The molecule has 0 amide bonds. The van der Waals surface area contributed by atoms with Crippen LogP contribution in [0.15, 0.2) is 23.3 Å². The second kappa shape index (κ2) is 8.95. The summed E-state index contributed by atoms with van der Waals surface area (Å²) in [4.78, 5) is 19.9. The highest BCUT2D eigenvalue weighted by molar-refractivity contribution is 5.91. The molecule has 3 atom stereocenters. The van der Waals surface area contributed by atoms with Crippen LogP contribution < -0.4 is 5.43 Å². The van der Waals surface area contributed by atoms with Crippen molar-refractivity contribution in [2.75, 3.05) is 18.6 Å². The van der Waals surface area contributed by atoms with Crippen LogP contribution in [0.4, 0.5) is 17.1 Å². The highest BCUT2D eigenvalue weighted by Gasteiger charge is 2.28. The van der Waals surface area contributed by atoms with Gasteiger partial charge in [0.2, 0.25) is 0 Å². The van der Waals surface area contributed by atoms with Gasteiger partial charge in [-0.15, -0.1) is 0 Å². The van der Waals surface area contributed by atoms with Gasteiger partial charge in [-0.05, 0) is 6.07 Å². The third-order valence-electron chi connectivity index (χ3n) is 3.12. The summed E-state index contributed by atoms with van der Waals surface area (Å²) in [6, 6.07) is 2.67. The van der Waals surface area contributed by atoms with Gasteiger partial charge in [-0.2, -0.15) is 5.10 Å². The number of rotatable bonds is 9. The van der Waals surface area contributed by atoms with Gasteiger partial charge in [-0.25, -0.2) is 0 Å². The number of benzene rings is 1. The Kier molecular flexibility index (Phi) is 7.28. The number of aliphatic hydroxyl groups excluding tert-OH is 5. The van der Waals surface area contributed by atoms with Gasteiger partial charge in [0.05, 0.1) is 34.8 Å². The summed E-state index contributed by atoms with van der Waals surface area (Å²) >= 11 is 0. The van der Waals surface area contributed by atoms with E-state index in [1.807, 2.05) is 0 Å². The number of nitrogens with zero attached hydrogens (tertiary/aromatic N) is 3. The molecule has 13 nitrogen and oxygen atoms in total. The van der Waals surface area contributed by atoms with Crippen molar-refractivity contribution in [3.63, 3.8) is 0 Å². The van der Waals surface area contributed by atoms with Crippen LogP contribution in [-0.4, -0.2) is 72.6 Å². The van der Waals surface area contributed by atoms with Gasteiger partial charge in [0, 0.05) is 6.07 Å². The molecule has 0 bridgehead atoms. The molecular weight excluding hydrogens is 344 g/mol. The number of hydrogen-bond donors (Lipinski definition) is 6. The Labute approximate surface area is 139 Å². The minimum Gasteiger partial charge on any atom is -0.394 e. The maximum absolute atomic E-state index is 11.0. The van der Waals surface area contributed by atoms with E-state index in [9.17, 15) is 35.5 Å². The van der Waals surface area contributed by atoms with E-state index in [1.165, 1.54) is 0 Å². The predicted octanol–water partition coefficient (Wildman–Crippen LogP) is -1.66. The van der Waals surface area contributed by atoms with E-state index in [-0.39, 0.29) is 5.69 Å². The van der Waals surface area contributed by atoms with E-state index >= 15 is 0 Å². The molecule has 138 valence electrons. The van der Waals surface area contributed by atoms with E-state index in [1.54, 1.807) is 0 Å². The average Bonchev–Trinajstić information content (AvgIpc) is 2.60. The van der Waals surface area contributed by atoms with Crippen LogP contribution in [0.2, 0.25) is 0 Å². The van der Waals surface area contributed by atoms with Crippen LogP contribution in [0, 0.1) is 20.2 Å². The number of nitrogens with one attached hydrogen (secondary N) is 1. The number of non-ortho nitro benzene ring substituents is 1. The molecule has 0 fully saturated rings. The van der Waals surface area contributed by atoms with Gasteiger partial charge < -0.3 is 25.5 Å². The Morgan fingerprint density at radius 3 is 2.28 bits per heavy atom. The monoisotopic (exact) mass is 360 g/mol. The second-order valence-electron chi connectivity index (χ2n) is 4.77. The van der Waals surface area contributed by atoms with Gasteiger partial charge in [0.1, 0.15) is 24.0 Å². The Morgan fingerprint density at radius 2 is 1.80 bits per heavy atom. The Balaban J connectivity index is 3.08. The number of nitro benzene ring substituents is 2. The lowest BCUT2D eigenvalue weighted by Crippen LogP contribution is -2.45. The van der Waals surface area contributed by atoms with Crippen molar-refractivity contribution in [1.29, 1.82) is 0 Å². The Bertz CT molecular complexity index is 666. The Morgan fingerprint density at radius 1 is 1.16 bits per heavy atom. The molecule has 6 N–H and O–H groups in total. The van der Waals surface area contributed by atoms with Crippen LogP contribution >= 0.6 is 0 Å². The van der Waals surface area contributed by atoms with Crippen molar-refractivity contribution in [1.82, 2.24) is 0 Å². The predicted molar refractivity (Wildman–Crippen MR) is 83.0 cm³/mol. The molecule has 1 aromatic rings.